The molecular weight excluding hydrogens is 342 g/mol. The van der Waals surface area contributed by atoms with E-state index in [9.17, 15) is 9.59 Å². The summed E-state index contributed by atoms with van der Waals surface area (Å²) in [6.45, 7) is 1.92. The third kappa shape index (κ3) is 2.83. The number of aromatic nitrogens is 4. The van der Waals surface area contributed by atoms with Crippen LogP contribution in [0.3, 0.4) is 0 Å². The van der Waals surface area contributed by atoms with Crippen molar-refractivity contribution < 1.29 is 4.79 Å². The lowest BCUT2D eigenvalue weighted by atomic mass is 10.1. The molecule has 1 amide bonds. The molecule has 7 heteroatoms. The standard InChI is InChI=1S/C20H19N5O2/c1-13-9-24(3)20(27)17-15(10-23(2)18(13)17)19(26)22-16-11-25(12-21-16)14-7-5-4-6-8-14/h4-12H,1-3H3,(H,22,26). The van der Waals surface area contributed by atoms with Crippen LogP contribution in [0.4, 0.5) is 5.82 Å². The molecule has 0 aliphatic heterocycles. The Balaban J connectivity index is 1.71. The van der Waals surface area contributed by atoms with Crippen molar-refractivity contribution in [2.45, 2.75) is 6.92 Å². The van der Waals surface area contributed by atoms with Crippen LogP contribution in [0.25, 0.3) is 16.6 Å². The smallest absolute Gasteiger partial charge is 0.260 e. The third-order valence-corrected chi connectivity index (χ3v) is 4.60. The first-order chi connectivity index (χ1) is 13.0. The summed E-state index contributed by atoms with van der Waals surface area (Å²) in [6, 6.07) is 9.70. The van der Waals surface area contributed by atoms with Gasteiger partial charge in [-0.1, -0.05) is 18.2 Å². The van der Waals surface area contributed by atoms with Gasteiger partial charge >= 0.3 is 0 Å². The minimum atomic E-state index is -0.360. The van der Waals surface area contributed by atoms with Crippen molar-refractivity contribution in [2.24, 2.45) is 14.1 Å². The zero-order valence-electron chi connectivity index (χ0n) is 15.3. The molecule has 4 rings (SSSR count). The molecule has 0 atom stereocenters. The second-order valence-electron chi connectivity index (χ2n) is 6.56. The van der Waals surface area contributed by atoms with E-state index in [-0.39, 0.29) is 11.5 Å². The van der Waals surface area contributed by atoms with Gasteiger partial charge in [0, 0.05) is 32.2 Å². The number of hydrogen-bond acceptors (Lipinski definition) is 3. The SMILES string of the molecule is Cc1cn(C)c(=O)c2c(C(=O)Nc3cn(-c4ccccc4)cn3)cn(C)c12. The summed E-state index contributed by atoms with van der Waals surface area (Å²) in [4.78, 5) is 29.7. The van der Waals surface area contributed by atoms with Crippen molar-refractivity contribution in [1.82, 2.24) is 18.7 Å². The first kappa shape index (κ1) is 16.8. The van der Waals surface area contributed by atoms with Crippen molar-refractivity contribution in [3.8, 4) is 5.69 Å². The first-order valence-electron chi connectivity index (χ1n) is 8.51. The molecule has 0 spiro atoms. The molecule has 0 aliphatic carbocycles. The molecule has 0 bridgehead atoms. The van der Waals surface area contributed by atoms with Crippen LogP contribution in [-0.4, -0.2) is 24.6 Å². The number of fused-ring (bicyclic) bond motifs is 1. The monoisotopic (exact) mass is 361 g/mol. The van der Waals surface area contributed by atoms with Crippen molar-refractivity contribution >= 4 is 22.6 Å². The zero-order chi connectivity index (χ0) is 19.1. The average Bonchev–Trinajstić information content (AvgIpc) is 3.25. The van der Waals surface area contributed by atoms with Gasteiger partial charge < -0.3 is 19.0 Å². The van der Waals surface area contributed by atoms with Crippen LogP contribution >= 0.6 is 0 Å². The highest BCUT2D eigenvalue weighted by Gasteiger charge is 2.20. The molecule has 1 N–H and O–H groups in total. The number of carbonyl (C=O) groups is 1. The second-order valence-corrected chi connectivity index (χ2v) is 6.56. The molecule has 27 heavy (non-hydrogen) atoms. The van der Waals surface area contributed by atoms with Gasteiger partial charge in [0.05, 0.1) is 22.7 Å². The number of aryl methyl sites for hydroxylation is 3. The normalized spacial score (nSPS) is 11.1. The van der Waals surface area contributed by atoms with Gasteiger partial charge in [0.25, 0.3) is 11.5 Å². The minimum Gasteiger partial charge on any atom is -0.349 e. The average molecular weight is 361 g/mol. The molecule has 1 aromatic carbocycles. The predicted octanol–water partition coefficient (Wildman–Crippen LogP) is 2.62. The quantitative estimate of drug-likeness (QED) is 0.610. The molecule has 7 nitrogen and oxygen atoms in total. The summed E-state index contributed by atoms with van der Waals surface area (Å²) in [5.74, 6) is 0.0620. The maximum absolute atomic E-state index is 12.8. The fourth-order valence-electron chi connectivity index (χ4n) is 3.39. The molecule has 3 aromatic heterocycles. The van der Waals surface area contributed by atoms with Gasteiger partial charge in [-0.3, -0.25) is 9.59 Å². The Morgan fingerprint density at radius 3 is 2.52 bits per heavy atom. The van der Waals surface area contributed by atoms with Gasteiger partial charge in [-0.15, -0.1) is 0 Å². The molecule has 3 heterocycles. The number of anilines is 1. The second kappa shape index (κ2) is 6.28. The van der Waals surface area contributed by atoms with Gasteiger partial charge in [-0.25, -0.2) is 4.98 Å². The summed E-state index contributed by atoms with van der Waals surface area (Å²) >= 11 is 0. The van der Waals surface area contributed by atoms with E-state index >= 15 is 0 Å². The number of rotatable bonds is 3. The largest absolute Gasteiger partial charge is 0.349 e. The number of hydrogen-bond donors (Lipinski definition) is 1. The van der Waals surface area contributed by atoms with Crippen molar-refractivity contribution in [2.75, 3.05) is 5.32 Å². The maximum Gasteiger partial charge on any atom is 0.260 e. The molecule has 0 unspecified atom stereocenters. The van der Waals surface area contributed by atoms with E-state index in [4.69, 9.17) is 0 Å². The van der Waals surface area contributed by atoms with E-state index in [0.717, 1.165) is 16.8 Å². The topological polar surface area (TPSA) is 73.8 Å². The third-order valence-electron chi connectivity index (χ3n) is 4.60. The number of nitrogens with one attached hydrogen (secondary N) is 1. The van der Waals surface area contributed by atoms with Crippen LogP contribution in [0.5, 0.6) is 0 Å². The number of benzene rings is 1. The molecule has 0 aliphatic rings. The Bertz CT molecular complexity index is 1210. The number of nitrogens with zero attached hydrogens (tertiary/aromatic N) is 4. The summed E-state index contributed by atoms with van der Waals surface area (Å²) in [5, 5.41) is 3.20. The highest BCUT2D eigenvalue weighted by molar-refractivity contribution is 6.12. The van der Waals surface area contributed by atoms with Crippen LogP contribution in [0.1, 0.15) is 15.9 Å². The van der Waals surface area contributed by atoms with Gasteiger partial charge in [0.1, 0.15) is 6.33 Å². The number of pyridine rings is 1. The van der Waals surface area contributed by atoms with Crippen molar-refractivity contribution in [3.63, 3.8) is 0 Å². The van der Waals surface area contributed by atoms with E-state index in [1.165, 1.54) is 4.57 Å². The Labute approximate surface area is 155 Å². The van der Waals surface area contributed by atoms with E-state index in [1.54, 1.807) is 32.0 Å². The van der Waals surface area contributed by atoms with Crippen LogP contribution in [0, 0.1) is 6.92 Å². The number of imidazole rings is 1. The van der Waals surface area contributed by atoms with E-state index < -0.39 is 0 Å². The summed E-state index contributed by atoms with van der Waals surface area (Å²) in [6.07, 6.45) is 6.83. The number of carbonyl (C=O) groups excluding carboxylic acids is 1. The molecule has 4 aromatic rings. The lowest BCUT2D eigenvalue weighted by molar-refractivity contribution is 0.102. The highest BCUT2D eigenvalue weighted by Crippen LogP contribution is 2.21. The molecule has 136 valence electrons. The fraction of sp³-hybridized carbons (Fsp3) is 0.150. The Morgan fingerprint density at radius 2 is 1.78 bits per heavy atom. The first-order valence-corrected chi connectivity index (χ1v) is 8.51. The minimum absolute atomic E-state index is 0.198. The lowest BCUT2D eigenvalue weighted by Crippen LogP contribution is -2.20. The van der Waals surface area contributed by atoms with Gasteiger partial charge in [-0.2, -0.15) is 0 Å². The molecule has 0 saturated heterocycles. The van der Waals surface area contributed by atoms with E-state index in [0.29, 0.717) is 16.8 Å². The zero-order valence-corrected chi connectivity index (χ0v) is 15.3. The molecular formula is C20H19N5O2. The van der Waals surface area contributed by atoms with Crippen LogP contribution in [-0.2, 0) is 14.1 Å². The molecule has 0 saturated carbocycles. The van der Waals surface area contributed by atoms with Crippen LogP contribution in [0.2, 0.25) is 0 Å². The summed E-state index contributed by atoms with van der Waals surface area (Å²) in [5.41, 5.74) is 2.78. The fourth-order valence-corrected chi connectivity index (χ4v) is 3.39. The maximum atomic E-state index is 12.8. The Hall–Kier alpha value is -3.61. The van der Waals surface area contributed by atoms with Gasteiger partial charge in [0.15, 0.2) is 5.82 Å². The van der Waals surface area contributed by atoms with Crippen molar-refractivity contribution in [1.29, 1.82) is 0 Å². The summed E-state index contributed by atoms with van der Waals surface area (Å²) in [7, 11) is 3.51. The van der Waals surface area contributed by atoms with Crippen LogP contribution < -0.4 is 10.9 Å². The van der Waals surface area contributed by atoms with Crippen molar-refractivity contribution in [3.05, 3.63) is 76.7 Å². The molecule has 0 radical (unpaired) electrons. The predicted molar refractivity (Wildman–Crippen MR) is 104 cm³/mol. The number of para-hydroxylation sites is 1. The van der Waals surface area contributed by atoms with Gasteiger partial charge in [0.2, 0.25) is 0 Å². The van der Waals surface area contributed by atoms with Crippen LogP contribution in [0.15, 0.2) is 60.0 Å². The van der Waals surface area contributed by atoms with E-state index in [1.807, 2.05) is 53.4 Å². The van der Waals surface area contributed by atoms with Gasteiger partial charge in [-0.05, 0) is 24.6 Å². The Morgan fingerprint density at radius 1 is 1.04 bits per heavy atom. The molecule has 0 fully saturated rings. The van der Waals surface area contributed by atoms with E-state index in [2.05, 4.69) is 10.3 Å². The number of amides is 1. The Kier molecular flexibility index (Phi) is 3.92. The highest BCUT2D eigenvalue weighted by atomic mass is 16.2. The summed E-state index contributed by atoms with van der Waals surface area (Å²) < 4.78 is 5.13. The lowest BCUT2D eigenvalue weighted by Gasteiger charge is -2.05.